The third kappa shape index (κ3) is 3.22. The summed E-state index contributed by atoms with van der Waals surface area (Å²) < 4.78 is 5.42. The number of carbonyl (C=O) groups excluding carboxylic acids is 1. The average molecular weight is 350 g/mol. The van der Waals surface area contributed by atoms with E-state index in [-0.39, 0.29) is 17.6 Å². The molecule has 0 bridgehead atoms. The van der Waals surface area contributed by atoms with Gasteiger partial charge in [0.25, 0.3) is 5.91 Å². The van der Waals surface area contributed by atoms with Gasteiger partial charge in [-0.15, -0.1) is 0 Å². The molecule has 0 unspecified atom stereocenters. The van der Waals surface area contributed by atoms with Crippen molar-refractivity contribution < 1.29 is 14.3 Å². The molecule has 1 amide bonds. The van der Waals surface area contributed by atoms with E-state index in [0.717, 1.165) is 47.9 Å². The van der Waals surface area contributed by atoms with Crippen LogP contribution < -0.4 is 5.32 Å². The third-order valence-electron chi connectivity index (χ3n) is 5.27. The molecular weight excluding hydrogens is 328 g/mol. The van der Waals surface area contributed by atoms with Crippen LogP contribution in [0.4, 0.5) is 0 Å². The van der Waals surface area contributed by atoms with E-state index in [2.05, 4.69) is 17.2 Å². The molecule has 4 rings (SSSR count). The van der Waals surface area contributed by atoms with Crippen LogP contribution in [0.1, 0.15) is 43.0 Å². The smallest absolute Gasteiger partial charge is 0.251 e. The van der Waals surface area contributed by atoms with Crippen molar-refractivity contribution in [2.75, 3.05) is 0 Å². The van der Waals surface area contributed by atoms with Crippen molar-refractivity contribution in [3.05, 3.63) is 54.4 Å². The molecule has 0 atom stereocenters. The van der Waals surface area contributed by atoms with Gasteiger partial charge in [0.15, 0.2) is 0 Å². The lowest BCUT2D eigenvalue weighted by molar-refractivity contribution is 0.0725. The Labute approximate surface area is 152 Å². The number of nitrogens with zero attached hydrogens (tertiary/aromatic N) is 1. The van der Waals surface area contributed by atoms with Crippen molar-refractivity contribution in [2.45, 2.75) is 44.2 Å². The molecule has 0 spiro atoms. The van der Waals surface area contributed by atoms with Gasteiger partial charge in [-0.1, -0.05) is 12.1 Å². The molecule has 3 aromatic rings. The standard InChI is InChI=1S/C21H22N2O3/c1-21(10-6-16(24)7-11-21)23-20(25)15-4-2-14(3-5-15)19-17-9-13-26-18(17)8-12-22-19/h2-5,8-9,12-13,16,24H,6-7,10-11H2,1H3,(H,23,25). The quantitative estimate of drug-likeness (QED) is 0.751. The number of nitrogens with one attached hydrogen (secondary N) is 1. The van der Waals surface area contributed by atoms with Gasteiger partial charge in [-0.25, -0.2) is 0 Å². The van der Waals surface area contributed by atoms with E-state index in [1.165, 1.54) is 0 Å². The first-order valence-corrected chi connectivity index (χ1v) is 8.97. The van der Waals surface area contributed by atoms with E-state index in [1.54, 1.807) is 12.5 Å². The number of aliphatic hydroxyl groups is 1. The van der Waals surface area contributed by atoms with Crippen molar-refractivity contribution in [1.82, 2.24) is 10.3 Å². The molecule has 5 heteroatoms. The van der Waals surface area contributed by atoms with Gasteiger partial charge < -0.3 is 14.8 Å². The molecule has 134 valence electrons. The van der Waals surface area contributed by atoms with E-state index >= 15 is 0 Å². The zero-order chi connectivity index (χ0) is 18.1. The highest BCUT2D eigenvalue weighted by molar-refractivity contribution is 5.96. The molecular formula is C21H22N2O3. The molecule has 1 fully saturated rings. The van der Waals surface area contributed by atoms with Crippen LogP contribution in [0.15, 0.2) is 53.3 Å². The summed E-state index contributed by atoms with van der Waals surface area (Å²) in [6.07, 6.45) is 6.19. The highest BCUT2D eigenvalue weighted by Crippen LogP contribution is 2.29. The number of aliphatic hydroxyl groups excluding tert-OH is 1. The zero-order valence-electron chi connectivity index (χ0n) is 14.7. The molecule has 1 aliphatic carbocycles. The summed E-state index contributed by atoms with van der Waals surface area (Å²) in [6.45, 7) is 2.05. The highest BCUT2D eigenvalue weighted by Gasteiger charge is 2.31. The number of furan rings is 1. The topological polar surface area (TPSA) is 75.4 Å². The van der Waals surface area contributed by atoms with Gasteiger partial charge in [0, 0.05) is 28.2 Å². The molecule has 5 nitrogen and oxygen atoms in total. The lowest BCUT2D eigenvalue weighted by Crippen LogP contribution is -2.49. The fourth-order valence-electron chi connectivity index (χ4n) is 3.62. The predicted octanol–water partition coefficient (Wildman–Crippen LogP) is 3.92. The number of rotatable bonds is 3. The Morgan fingerprint density at radius 2 is 1.92 bits per heavy atom. The van der Waals surface area contributed by atoms with Gasteiger partial charge in [0.05, 0.1) is 18.1 Å². The zero-order valence-corrected chi connectivity index (χ0v) is 14.7. The van der Waals surface area contributed by atoms with Crippen LogP contribution in [-0.4, -0.2) is 27.6 Å². The summed E-state index contributed by atoms with van der Waals surface area (Å²) in [6, 6.07) is 11.2. The van der Waals surface area contributed by atoms with Crippen LogP contribution in [0, 0.1) is 0 Å². The minimum atomic E-state index is -0.251. The SMILES string of the molecule is CC1(NC(=O)c2ccc(-c3nccc4occc34)cc2)CCC(O)CC1. The van der Waals surface area contributed by atoms with E-state index < -0.39 is 0 Å². The molecule has 2 heterocycles. The summed E-state index contributed by atoms with van der Waals surface area (Å²) in [5.41, 5.74) is 2.96. The summed E-state index contributed by atoms with van der Waals surface area (Å²) in [5.74, 6) is -0.0788. The molecule has 0 saturated heterocycles. The summed E-state index contributed by atoms with van der Waals surface area (Å²) in [5, 5.41) is 13.8. The Kier molecular flexibility index (Phi) is 4.24. The first-order chi connectivity index (χ1) is 12.5. The largest absolute Gasteiger partial charge is 0.464 e. The minimum absolute atomic E-state index is 0.0788. The normalized spacial score (nSPS) is 23.1. The Morgan fingerprint density at radius 3 is 2.65 bits per heavy atom. The molecule has 0 radical (unpaired) electrons. The lowest BCUT2D eigenvalue weighted by Gasteiger charge is -2.36. The summed E-state index contributed by atoms with van der Waals surface area (Å²) in [4.78, 5) is 17.1. The number of fused-ring (bicyclic) bond motifs is 1. The number of aromatic nitrogens is 1. The fraction of sp³-hybridized carbons (Fsp3) is 0.333. The second-order valence-electron chi connectivity index (χ2n) is 7.32. The van der Waals surface area contributed by atoms with Gasteiger partial charge >= 0.3 is 0 Å². The van der Waals surface area contributed by atoms with Crippen LogP contribution in [0.3, 0.4) is 0 Å². The molecule has 2 aromatic heterocycles. The van der Waals surface area contributed by atoms with Crippen LogP contribution >= 0.6 is 0 Å². The van der Waals surface area contributed by atoms with Crippen LogP contribution in [-0.2, 0) is 0 Å². The van der Waals surface area contributed by atoms with Crippen LogP contribution in [0.5, 0.6) is 0 Å². The summed E-state index contributed by atoms with van der Waals surface area (Å²) >= 11 is 0. The monoisotopic (exact) mass is 350 g/mol. The first-order valence-electron chi connectivity index (χ1n) is 8.97. The lowest BCUT2D eigenvalue weighted by atomic mass is 9.81. The minimum Gasteiger partial charge on any atom is -0.464 e. The Hall–Kier alpha value is -2.66. The van der Waals surface area contributed by atoms with Gasteiger partial charge in [-0.3, -0.25) is 9.78 Å². The molecule has 26 heavy (non-hydrogen) atoms. The molecule has 1 saturated carbocycles. The Balaban J connectivity index is 1.52. The van der Waals surface area contributed by atoms with Crippen molar-refractivity contribution in [2.24, 2.45) is 0 Å². The maximum Gasteiger partial charge on any atom is 0.251 e. The van der Waals surface area contributed by atoms with Crippen molar-refractivity contribution in [1.29, 1.82) is 0 Å². The molecule has 1 aromatic carbocycles. The van der Waals surface area contributed by atoms with Crippen LogP contribution in [0.25, 0.3) is 22.2 Å². The first kappa shape index (κ1) is 16.8. The average Bonchev–Trinajstić information content (AvgIpc) is 3.13. The van der Waals surface area contributed by atoms with Gasteiger partial charge in [-0.2, -0.15) is 0 Å². The maximum atomic E-state index is 12.6. The number of hydrogen-bond acceptors (Lipinski definition) is 4. The Bertz CT molecular complexity index is 922. The fourth-order valence-corrected chi connectivity index (χ4v) is 3.62. The second kappa shape index (κ2) is 6.57. The summed E-state index contributed by atoms with van der Waals surface area (Å²) in [7, 11) is 0. The van der Waals surface area contributed by atoms with Gasteiger partial charge in [0.1, 0.15) is 5.58 Å². The Morgan fingerprint density at radius 1 is 1.19 bits per heavy atom. The molecule has 2 N–H and O–H groups in total. The number of pyridine rings is 1. The van der Waals surface area contributed by atoms with E-state index in [4.69, 9.17) is 4.42 Å². The number of amides is 1. The third-order valence-corrected chi connectivity index (χ3v) is 5.27. The van der Waals surface area contributed by atoms with Crippen LogP contribution in [0.2, 0.25) is 0 Å². The second-order valence-corrected chi connectivity index (χ2v) is 7.32. The molecule has 0 aliphatic heterocycles. The number of carbonyl (C=O) groups is 1. The van der Waals surface area contributed by atoms with E-state index in [0.29, 0.717) is 5.56 Å². The maximum absolute atomic E-state index is 12.6. The number of benzene rings is 1. The van der Waals surface area contributed by atoms with E-state index in [1.807, 2.05) is 36.4 Å². The molecule has 1 aliphatic rings. The van der Waals surface area contributed by atoms with Crippen molar-refractivity contribution in [3.63, 3.8) is 0 Å². The number of hydrogen-bond donors (Lipinski definition) is 2. The van der Waals surface area contributed by atoms with Gasteiger partial charge in [-0.05, 0) is 56.9 Å². The van der Waals surface area contributed by atoms with Crippen molar-refractivity contribution in [3.8, 4) is 11.3 Å². The highest BCUT2D eigenvalue weighted by atomic mass is 16.3. The van der Waals surface area contributed by atoms with Gasteiger partial charge in [0.2, 0.25) is 0 Å². The van der Waals surface area contributed by atoms with E-state index in [9.17, 15) is 9.90 Å². The predicted molar refractivity (Wildman–Crippen MR) is 99.8 cm³/mol. The van der Waals surface area contributed by atoms with Crippen molar-refractivity contribution >= 4 is 16.9 Å².